The Bertz CT molecular complexity index is 1190. The molecule has 0 N–H and O–H groups in total. The van der Waals surface area contributed by atoms with Gasteiger partial charge in [-0.05, 0) is 55.4 Å². The monoisotopic (exact) mass is 487 g/mol. The van der Waals surface area contributed by atoms with Crippen LogP contribution in [0.3, 0.4) is 0 Å². The number of urea groups is 1. The number of hydrogen-bond donors (Lipinski definition) is 0. The van der Waals surface area contributed by atoms with Gasteiger partial charge in [0.25, 0.3) is 0 Å². The first-order chi connectivity index (χ1) is 17.6. The molecule has 4 aliphatic rings. The van der Waals surface area contributed by atoms with Gasteiger partial charge in [0.05, 0.1) is 25.3 Å². The molecule has 7 nitrogen and oxygen atoms in total. The number of nitrogens with zero attached hydrogens (tertiary/aromatic N) is 3. The number of amides is 3. The van der Waals surface area contributed by atoms with Gasteiger partial charge in [0.2, 0.25) is 5.91 Å². The quantitative estimate of drug-likeness (QED) is 0.566. The van der Waals surface area contributed by atoms with E-state index >= 15 is 0 Å². The molecule has 3 amide bonds. The maximum Gasteiger partial charge on any atom is 0.329 e. The van der Waals surface area contributed by atoms with Crippen LogP contribution in [0.1, 0.15) is 62.1 Å². The highest BCUT2D eigenvalue weighted by Crippen LogP contribution is 2.53. The van der Waals surface area contributed by atoms with E-state index in [-0.39, 0.29) is 54.8 Å². The number of anilines is 2. The highest BCUT2D eigenvalue weighted by molar-refractivity contribution is 6.06. The molecule has 0 unspecified atom stereocenters. The molecule has 2 aromatic rings. The van der Waals surface area contributed by atoms with E-state index in [9.17, 15) is 14.4 Å². The number of esters is 1. The molecule has 2 fully saturated rings. The van der Waals surface area contributed by atoms with Gasteiger partial charge in [-0.3, -0.25) is 19.4 Å². The molecule has 0 saturated heterocycles. The van der Waals surface area contributed by atoms with Crippen molar-refractivity contribution in [3.63, 3.8) is 0 Å². The van der Waals surface area contributed by atoms with Gasteiger partial charge in [0.1, 0.15) is 0 Å². The molecular formula is C29H33N3O4. The number of hydrogen-bond acceptors (Lipinski definition) is 4. The SMILES string of the molecule is COC(=O)CCC(=O)N(C1CC1)[C@H]1c2ccccc2N(C(=O)N2CCc3ccccc32)[C@@H]2CCC[C@@H]21. The fourth-order valence-electron chi connectivity index (χ4n) is 6.67. The van der Waals surface area contributed by atoms with Crippen LogP contribution < -0.4 is 9.80 Å². The van der Waals surface area contributed by atoms with Crippen LogP contribution in [0.25, 0.3) is 0 Å². The number of rotatable bonds is 5. The van der Waals surface area contributed by atoms with Gasteiger partial charge >= 0.3 is 12.0 Å². The molecule has 0 radical (unpaired) electrons. The summed E-state index contributed by atoms with van der Waals surface area (Å²) in [5, 5.41) is 0. The Morgan fingerprint density at radius 3 is 2.47 bits per heavy atom. The lowest BCUT2D eigenvalue weighted by Crippen LogP contribution is -2.56. The van der Waals surface area contributed by atoms with E-state index in [0.29, 0.717) is 6.54 Å². The van der Waals surface area contributed by atoms with Crippen LogP contribution >= 0.6 is 0 Å². The third-order valence-corrected chi connectivity index (χ3v) is 8.41. The van der Waals surface area contributed by atoms with E-state index in [1.54, 1.807) is 0 Å². The van der Waals surface area contributed by atoms with Crippen LogP contribution in [0.15, 0.2) is 48.5 Å². The number of methoxy groups -OCH3 is 1. The van der Waals surface area contributed by atoms with Gasteiger partial charge in [-0.25, -0.2) is 4.79 Å². The maximum absolute atomic E-state index is 14.2. The zero-order chi connectivity index (χ0) is 24.8. The molecule has 3 atom stereocenters. The molecule has 0 spiro atoms. The van der Waals surface area contributed by atoms with Crippen LogP contribution in [0.4, 0.5) is 16.2 Å². The number of benzene rings is 2. The summed E-state index contributed by atoms with van der Waals surface area (Å²) < 4.78 is 4.78. The minimum absolute atomic E-state index is 0.0154. The summed E-state index contributed by atoms with van der Waals surface area (Å²) in [4.78, 5) is 45.5. The molecule has 0 bridgehead atoms. The van der Waals surface area contributed by atoms with Crippen molar-refractivity contribution in [1.82, 2.24) is 4.90 Å². The third-order valence-electron chi connectivity index (χ3n) is 8.41. The molecule has 6 rings (SSSR count). The minimum atomic E-state index is -0.357. The van der Waals surface area contributed by atoms with Crippen molar-refractivity contribution in [2.45, 2.75) is 69.5 Å². The number of fused-ring (bicyclic) bond motifs is 3. The Morgan fingerprint density at radius 2 is 1.69 bits per heavy atom. The third kappa shape index (κ3) is 3.85. The zero-order valence-corrected chi connectivity index (χ0v) is 20.8. The van der Waals surface area contributed by atoms with E-state index < -0.39 is 0 Å². The lowest BCUT2D eigenvalue weighted by Gasteiger charge is -2.48. The summed E-state index contributed by atoms with van der Waals surface area (Å²) in [5.74, 6) is -0.157. The second kappa shape index (κ2) is 9.26. The summed E-state index contributed by atoms with van der Waals surface area (Å²) >= 11 is 0. The van der Waals surface area contributed by atoms with Crippen LogP contribution in [0.2, 0.25) is 0 Å². The molecule has 2 saturated carbocycles. The predicted octanol–water partition coefficient (Wildman–Crippen LogP) is 4.84. The average Bonchev–Trinajstić information content (AvgIpc) is 3.45. The predicted molar refractivity (Wildman–Crippen MR) is 137 cm³/mol. The first kappa shape index (κ1) is 23.1. The number of carbonyl (C=O) groups is 3. The van der Waals surface area contributed by atoms with Crippen molar-refractivity contribution < 1.29 is 19.1 Å². The summed E-state index contributed by atoms with van der Waals surface area (Å²) in [6.45, 7) is 0.692. The molecule has 2 heterocycles. The summed E-state index contributed by atoms with van der Waals surface area (Å²) in [6.07, 6.45) is 6.07. The molecular weight excluding hydrogens is 454 g/mol. The molecule has 36 heavy (non-hydrogen) atoms. The van der Waals surface area contributed by atoms with E-state index in [1.165, 1.54) is 12.7 Å². The summed E-state index contributed by atoms with van der Waals surface area (Å²) in [7, 11) is 1.36. The molecule has 2 aromatic carbocycles. The smallest absolute Gasteiger partial charge is 0.329 e. The van der Waals surface area contributed by atoms with Crippen molar-refractivity contribution in [3.05, 3.63) is 59.7 Å². The first-order valence-corrected chi connectivity index (χ1v) is 13.2. The Kier molecular flexibility index (Phi) is 5.94. The van der Waals surface area contributed by atoms with Crippen LogP contribution in [-0.2, 0) is 20.7 Å². The normalized spacial score (nSPS) is 24.1. The van der Waals surface area contributed by atoms with E-state index in [2.05, 4.69) is 17.0 Å². The number of para-hydroxylation sites is 2. The van der Waals surface area contributed by atoms with Crippen molar-refractivity contribution in [3.8, 4) is 0 Å². The Morgan fingerprint density at radius 1 is 0.944 bits per heavy atom. The van der Waals surface area contributed by atoms with Crippen molar-refractivity contribution in [2.75, 3.05) is 23.5 Å². The Labute approximate surface area is 212 Å². The van der Waals surface area contributed by atoms with Crippen LogP contribution in [-0.4, -0.2) is 48.5 Å². The second-order valence-electron chi connectivity index (χ2n) is 10.5. The molecule has 188 valence electrons. The number of carbonyl (C=O) groups excluding carboxylic acids is 3. The van der Waals surface area contributed by atoms with E-state index in [0.717, 1.165) is 55.5 Å². The van der Waals surface area contributed by atoms with Gasteiger partial charge in [-0.15, -0.1) is 0 Å². The molecule has 7 heteroatoms. The Hall–Kier alpha value is -3.35. The number of ether oxygens (including phenoxy) is 1. The maximum atomic E-state index is 14.2. The van der Waals surface area contributed by atoms with Crippen molar-refractivity contribution in [2.24, 2.45) is 5.92 Å². The van der Waals surface area contributed by atoms with E-state index in [1.807, 2.05) is 46.2 Å². The van der Waals surface area contributed by atoms with Gasteiger partial charge < -0.3 is 9.64 Å². The summed E-state index contributed by atoms with van der Waals surface area (Å²) in [6, 6.07) is 16.6. The minimum Gasteiger partial charge on any atom is -0.469 e. The first-order valence-electron chi connectivity index (χ1n) is 13.2. The summed E-state index contributed by atoms with van der Waals surface area (Å²) in [5.41, 5.74) is 4.20. The van der Waals surface area contributed by atoms with Crippen LogP contribution in [0, 0.1) is 5.92 Å². The van der Waals surface area contributed by atoms with Gasteiger partial charge in [-0.2, -0.15) is 0 Å². The Balaban J connectivity index is 1.37. The average molecular weight is 488 g/mol. The molecule has 0 aromatic heterocycles. The van der Waals surface area contributed by atoms with Crippen molar-refractivity contribution in [1.29, 1.82) is 0 Å². The lowest BCUT2D eigenvalue weighted by atomic mass is 9.81. The van der Waals surface area contributed by atoms with Gasteiger partial charge in [0.15, 0.2) is 0 Å². The largest absolute Gasteiger partial charge is 0.469 e. The zero-order valence-electron chi connectivity index (χ0n) is 20.8. The molecule has 2 aliphatic heterocycles. The lowest BCUT2D eigenvalue weighted by molar-refractivity contribution is -0.145. The highest BCUT2D eigenvalue weighted by atomic mass is 16.5. The van der Waals surface area contributed by atoms with Crippen LogP contribution in [0.5, 0.6) is 0 Å². The van der Waals surface area contributed by atoms with E-state index in [4.69, 9.17) is 4.74 Å². The van der Waals surface area contributed by atoms with Gasteiger partial charge in [0, 0.05) is 36.7 Å². The van der Waals surface area contributed by atoms with Gasteiger partial charge in [-0.1, -0.05) is 42.8 Å². The fraction of sp³-hybridized carbons (Fsp3) is 0.483. The highest BCUT2D eigenvalue weighted by Gasteiger charge is 2.52. The molecule has 2 aliphatic carbocycles. The fourth-order valence-corrected chi connectivity index (χ4v) is 6.67. The second-order valence-corrected chi connectivity index (χ2v) is 10.5. The van der Waals surface area contributed by atoms with Crippen molar-refractivity contribution >= 4 is 29.3 Å². The standard InChI is InChI=1S/C29H33N3O4/c1-36-27(34)16-15-26(33)31(20-13-14-20)28-21-8-3-5-11-24(21)32(25-12-6-9-22(25)28)29(35)30-18-17-19-7-2-4-10-23(19)30/h2-5,7-8,10-11,20,22,25,28H,6,9,12-18H2,1H3/t22-,25+,28-/m0/s1. The topological polar surface area (TPSA) is 70.2 Å².